The van der Waals surface area contributed by atoms with Crippen LogP contribution < -0.4 is 4.74 Å². The van der Waals surface area contributed by atoms with E-state index in [4.69, 9.17) is 25.2 Å². The van der Waals surface area contributed by atoms with Crippen LogP contribution in [-0.2, 0) is 4.79 Å². The van der Waals surface area contributed by atoms with Crippen LogP contribution in [0.5, 0.6) is 5.75 Å². The third-order valence-corrected chi connectivity index (χ3v) is 4.29. The molecule has 0 fully saturated rings. The highest BCUT2D eigenvalue weighted by atomic mass is 35.5. The van der Waals surface area contributed by atoms with E-state index in [1.807, 2.05) is 38.1 Å². The summed E-state index contributed by atoms with van der Waals surface area (Å²) in [6, 6.07) is 11.1. The fourth-order valence-corrected chi connectivity index (χ4v) is 3.30. The Morgan fingerprint density at radius 3 is 2.44 bits per heavy atom. The summed E-state index contributed by atoms with van der Waals surface area (Å²) in [6.45, 7) is 5.12. The molecule has 0 radical (unpaired) electrons. The van der Waals surface area contributed by atoms with Crippen LogP contribution in [0.2, 0.25) is 5.02 Å². The van der Waals surface area contributed by atoms with Gasteiger partial charge in [0.2, 0.25) is 0 Å². The van der Waals surface area contributed by atoms with Crippen molar-refractivity contribution in [2.24, 2.45) is 0 Å². The summed E-state index contributed by atoms with van der Waals surface area (Å²) >= 11 is 6.20. The van der Waals surface area contributed by atoms with Crippen LogP contribution in [0, 0.1) is 13.8 Å². The summed E-state index contributed by atoms with van der Waals surface area (Å²) < 4.78 is 17.3. The third-order valence-electron chi connectivity index (χ3n) is 4.06. The normalized spacial score (nSPS) is 11.4. The number of esters is 1. The Hall–Kier alpha value is -2.72. The fourth-order valence-electron chi connectivity index (χ4n) is 3.13. The van der Waals surface area contributed by atoms with Crippen molar-refractivity contribution in [3.63, 3.8) is 0 Å². The van der Waals surface area contributed by atoms with E-state index in [1.165, 1.54) is 6.92 Å². The molecule has 5 heteroatoms. The Morgan fingerprint density at radius 2 is 1.76 bits per heavy atom. The third kappa shape index (κ3) is 2.59. The fraction of sp³-hybridized carbons (Fsp3) is 0.150. The predicted octanol–water partition coefficient (Wildman–Crippen LogP) is 6.04. The zero-order chi connectivity index (χ0) is 17.7. The minimum atomic E-state index is -0.400. The maximum atomic E-state index is 11.6. The second-order valence-electron chi connectivity index (χ2n) is 6.00. The Morgan fingerprint density at radius 1 is 0.960 bits per heavy atom. The molecular weight excluding hydrogens is 340 g/mol. The van der Waals surface area contributed by atoms with E-state index < -0.39 is 5.97 Å². The molecule has 4 nitrogen and oxygen atoms in total. The van der Waals surface area contributed by atoms with Gasteiger partial charge in [-0.05, 0) is 44.2 Å². The molecule has 0 aliphatic rings. The van der Waals surface area contributed by atoms with Crippen molar-refractivity contribution in [2.75, 3.05) is 0 Å². The molecule has 126 valence electrons. The van der Waals surface area contributed by atoms with Crippen LogP contribution >= 0.6 is 11.6 Å². The van der Waals surface area contributed by atoms with Crippen molar-refractivity contribution in [3.8, 4) is 17.1 Å². The van der Waals surface area contributed by atoms with E-state index in [0.717, 1.165) is 22.1 Å². The number of hydrogen-bond donors (Lipinski definition) is 0. The van der Waals surface area contributed by atoms with Gasteiger partial charge in [-0.1, -0.05) is 17.7 Å². The van der Waals surface area contributed by atoms with Gasteiger partial charge in [-0.2, -0.15) is 0 Å². The lowest BCUT2D eigenvalue weighted by atomic mass is 9.98. The molecule has 0 bridgehead atoms. The van der Waals surface area contributed by atoms with E-state index in [9.17, 15) is 4.79 Å². The quantitative estimate of drug-likeness (QED) is 0.325. The first kappa shape index (κ1) is 15.8. The predicted molar refractivity (Wildman–Crippen MR) is 97.2 cm³/mol. The van der Waals surface area contributed by atoms with Gasteiger partial charge < -0.3 is 13.6 Å². The zero-order valence-corrected chi connectivity index (χ0v) is 14.7. The Bertz CT molecular complexity index is 1130. The highest BCUT2D eigenvalue weighted by Crippen LogP contribution is 2.45. The van der Waals surface area contributed by atoms with Crippen LogP contribution in [0.1, 0.15) is 18.4 Å². The SMILES string of the molecule is CC(=O)Oc1c2cc(Cl)ccc2c(-c2ccc(C)o2)c2oc(C)cc12. The zero-order valence-electron chi connectivity index (χ0n) is 14.0. The van der Waals surface area contributed by atoms with Crippen molar-refractivity contribution in [3.05, 3.63) is 52.9 Å². The Labute approximate surface area is 148 Å². The van der Waals surface area contributed by atoms with E-state index in [-0.39, 0.29) is 0 Å². The number of rotatable bonds is 2. The van der Waals surface area contributed by atoms with E-state index >= 15 is 0 Å². The van der Waals surface area contributed by atoms with Gasteiger partial charge in [0.25, 0.3) is 0 Å². The van der Waals surface area contributed by atoms with Gasteiger partial charge in [0.15, 0.2) is 0 Å². The summed E-state index contributed by atoms with van der Waals surface area (Å²) in [5, 5.41) is 2.85. The number of halogens is 1. The van der Waals surface area contributed by atoms with Gasteiger partial charge >= 0.3 is 5.97 Å². The molecule has 0 saturated heterocycles. The number of carbonyl (C=O) groups excluding carboxylic acids is 1. The number of carbonyl (C=O) groups is 1. The first-order valence-electron chi connectivity index (χ1n) is 7.84. The number of furan rings is 2. The number of ether oxygens (including phenoxy) is 1. The molecule has 2 aromatic heterocycles. The minimum absolute atomic E-state index is 0.400. The largest absolute Gasteiger partial charge is 0.461 e. The molecule has 25 heavy (non-hydrogen) atoms. The number of benzene rings is 2. The van der Waals surface area contributed by atoms with Gasteiger partial charge in [-0.15, -0.1) is 0 Å². The molecule has 2 heterocycles. The van der Waals surface area contributed by atoms with E-state index in [1.54, 1.807) is 12.1 Å². The highest BCUT2D eigenvalue weighted by Gasteiger charge is 2.22. The topological polar surface area (TPSA) is 52.6 Å². The van der Waals surface area contributed by atoms with E-state index in [0.29, 0.717) is 33.3 Å². The molecule has 0 spiro atoms. The molecule has 4 aromatic rings. The number of aryl methyl sites for hydroxylation is 2. The second-order valence-corrected chi connectivity index (χ2v) is 6.43. The monoisotopic (exact) mass is 354 g/mol. The van der Waals surface area contributed by atoms with Gasteiger partial charge in [-0.25, -0.2) is 0 Å². The van der Waals surface area contributed by atoms with Crippen molar-refractivity contribution in [1.29, 1.82) is 0 Å². The smallest absolute Gasteiger partial charge is 0.308 e. The average molecular weight is 355 g/mol. The Balaban J connectivity index is 2.22. The van der Waals surface area contributed by atoms with Crippen LogP contribution in [0.4, 0.5) is 0 Å². The second kappa shape index (κ2) is 5.67. The van der Waals surface area contributed by atoms with Crippen molar-refractivity contribution in [2.45, 2.75) is 20.8 Å². The molecule has 0 unspecified atom stereocenters. The lowest BCUT2D eigenvalue weighted by Gasteiger charge is -2.12. The van der Waals surface area contributed by atoms with Crippen molar-refractivity contribution in [1.82, 2.24) is 0 Å². The van der Waals surface area contributed by atoms with Gasteiger partial charge in [0.05, 0.1) is 10.9 Å². The maximum absolute atomic E-state index is 11.6. The van der Waals surface area contributed by atoms with Crippen LogP contribution in [0.15, 0.2) is 45.2 Å². The summed E-state index contributed by atoms with van der Waals surface area (Å²) in [4.78, 5) is 11.6. The van der Waals surface area contributed by atoms with Gasteiger partial charge in [0, 0.05) is 22.7 Å². The Kier molecular flexibility index (Phi) is 3.58. The molecule has 0 saturated carbocycles. The van der Waals surface area contributed by atoms with Gasteiger partial charge in [-0.3, -0.25) is 4.79 Å². The molecular formula is C20H15ClO4. The van der Waals surface area contributed by atoms with Crippen LogP contribution in [0.3, 0.4) is 0 Å². The number of hydrogen-bond acceptors (Lipinski definition) is 4. The minimum Gasteiger partial charge on any atom is -0.461 e. The molecule has 2 aromatic carbocycles. The van der Waals surface area contributed by atoms with Crippen molar-refractivity contribution >= 4 is 39.3 Å². The maximum Gasteiger partial charge on any atom is 0.308 e. The summed E-state index contributed by atoms with van der Waals surface area (Å²) in [6.07, 6.45) is 0. The standard InChI is InChI=1S/C20H15ClO4/c1-10-4-7-17(23-10)18-14-6-5-13(21)9-15(14)19(25-12(3)22)16-8-11(2)24-20(16)18/h4-9H,1-3H3. The van der Waals surface area contributed by atoms with Gasteiger partial charge in [0.1, 0.15) is 28.6 Å². The lowest BCUT2D eigenvalue weighted by Crippen LogP contribution is -2.02. The lowest BCUT2D eigenvalue weighted by molar-refractivity contribution is -0.131. The van der Waals surface area contributed by atoms with Crippen LogP contribution in [-0.4, -0.2) is 5.97 Å². The highest BCUT2D eigenvalue weighted by molar-refractivity contribution is 6.32. The molecule has 0 atom stereocenters. The van der Waals surface area contributed by atoms with Crippen LogP contribution in [0.25, 0.3) is 33.1 Å². The summed E-state index contributed by atoms with van der Waals surface area (Å²) in [5.74, 6) is 2.26. The summed E-state index contributed by atoms with van der Waals surface area (Å²) in [7, 11) is 0. The van der Waals surface area contributed by atoms with E-state index in [2.05, 4.69) is 0 Å². The molecule has 0 aliphatic carbocycles. The molecule has 0 aliphatic heterocycles. The molecule has 0 N–H and O–H groups in total. The van der Waals surface area contributed by atoms with Crippen molar-refractivity contribution < 1.29 is 18.4 Å². The molecule has 0 amide bonds. The number of fused-ring (bicyclic) bond motifs is 2. The first-order valence-corrected chi connectivity index (χ1v) is 8.22. The first-order chi connectivity index (χ1) is 11.9. The average Bonchev–Trinajstić information content (AvgIpc) is 3.13. The molecule has 4 rings (SSSR count). The summed E-state index contributed by atoms with van der Waals surface area (Å²) in [5.41, 5.74) is 1.44.